The molecule has 1 aliphatic heterocycles. The molecule has 0 bridgehead atoms. The highest BCUT2D eigenvalue weighted by molar-refractivity contribution is 9.10. The Balaban J connectivity index is 1.92. The predicted molar refractivity (Wildman–Crippen MR) is 103 cm³/mol. The standard InChI is InChI=1S/C21H17BrO3/c1-3-4-16-11-14(5-10-19(16)24-2)12-17-13-20(25-21(17)23)15-6-8-18(22)9-7-15/h3,5-13H,1,4H2,2H3/b17-12+. The van der Waals surface area contributed by atoms with Gasteiger partial charge < -0.3 is 9.47 Å². The van der Waals surface area contributed by atoms with Crippen molar-refractivity contribution in [3.63, 3.8) is 0 Å². The van der Waals surface area contributed by atoms with Crippen LogP contribution in [0.15, 0.2) is 71.2 Å². The first-order chi connectivity index (χ1) is 12.1. The van der Waals surface area contributed by atoms with Crippen LogP contribution in [0.2, 0.25) is 0 Å². The molecule has 0 amide bonds. The summed E-state index contributed by atoms with van der Waals surface area (Å²) in [5.41, 5.74) is 3.32. The number of halogens is 1. The van der Waals surface area contributed by atoms with Crippen LogP contribution >= 0.6 is 15.9 Å². The highest BCUT2D eigenvalue weighted by Gasteiger charge is 2.22. The van der Waals surface area contributed by atoms with Crippen LogP contribution in [0.25, 0.3) is 11.8 Å². The zero-order valence-corrected chi connectivity index (χ0v) is 15.4. The lowest BCUT2D eigenvalue weighted by atomic mass is 10.0. The molecule has 0 unspecified atom stereocenters. The fourth-order valence-electron chi connectivity index (χ4n) is 2.63. The molecule has 0 atom stereocenters. The summed E-state index contributed by atoms with van der Waals surface area (Å²) in [6.07, 6.45) is 6.11. The van der Waals surface area contributed by atoms with Crippen molar-refractivity contribution < 1.29 is 14.3 Å². The van der Waals surface area contributed by atoms with Crippen molar-refractivity contribution in [1.29, 1.82) is 0 Å². The van der Waals surface area contributed by atoms with E-state index in [9.17, 15) is 4.79 Å². The number of cyclic esters (lactones) is 1. The van der Waals surface area contributed by atoms with Gasteiger partial charge >= 0.3 is 5.97 Å². The van der Waals surface area contributed by atoms with Crippen molar-refractivity contribution in [3.8, 4) is 5.75 Å². The van der Waals surface area contributed by atoms with Gasteiger partial charge in [-0.15, -0.1) is 6.58 Å². The molecular formula is C21H17BrO3. The number of carbonyl (C=O) groups is 1. The maximum Gasteiger partial charge on any atom is 0.343 e. The molecule has 1 aliphatic rings. The summed E-state index contributed by atoms with van der Waals surface area (Å²) in [6.45, 7) is 3.77. The van der Waals surface area contributed by atoms with E-state index >= 15 is 0 Å². The molecule has 2 aromatic carbocycles. The molecule has 0 fully saturated rings. The van der Waals surface area contributed by atoms with Crippen molar-refractivity contribution in [2.45, 2.75) is 6.42 Å². The highest BCUT2D eigenvalue weighted by Crippen LogP contribution is 2.29. The van der Waals surface area contributed by atoms with E-state index in [1.807, 2.05) is 54.6 Å². The Labute approximate surface area is 155 Å². The molecule has 0 saturated heterocycles. The first-order valence-electron chi connectivity index (χ1n) is 7.80. The van der Waals surface area contributed by atoms with Crippen molar-refractivity contribution >= 4 is 33.7 Å². The van der Waals surface area contributed by atoms with Gasteiger partial charge in [-0.25, -0.2) is 4.79 Å². The topological polar surface area (TPSA) is 35.5 Å². The minimum absolute atomic E-state index is 0.348. The molecule has 25 heavy (non-hydrogen) atoms. The maximum atomic E-state index is 12.2. The molecule has 1 heterocycles. The van der Waals surface area contributed by atoms with E-state index in [0.29, 0.717) is 17.8 Å². The van der Waals surface area contributed by atoms with Gasteiger partial charge in [0.2, 0.25) is 0 Å². The fraction of sp³-hybridized carbons (Fsp3) is 0.0952. The molecule has 4 heteroatoms. The van der Waals surface area contributed by atoms with Crippen molar-refractivity contribution in [2.75, 3.05) is 7.11 Å². The lowest BCUT2D eigenvalue weighted by molar-refractivity contribution is -0.130. The van der Waals surface area contributed by atoms with Gasteiger partial charge in [-0.1, -0.05) is 40.2 Å². The van der Waals surface area contributed by atoms with Gasteiger partial charge in [0.1, 0.15) is 11.5 Å². The first kappa shape index (κ1) is 17.2. The Kier molecular flexibility index (Phi) is 5.19. The minimum atomic E-state index is -0.348. The Morgan fingerprint density at radius 3 is 2.64 bits per heavy atom. The number of benzene rings is 2. The molecule has 0 radical (unpaired) electrons. The number of carbonyl (C=O) groups excluding carboxylic acids is 1. The average Bonchev–Trinajstić information content (AvgIpc) is 2.97. The summed E-state index contributed by atoms with van der Waals surface area (Å²) < 4.78 is 11.7. The monoisotopic (exact) mass is 396 g/mol. The molecule has 126 valence electrons. The third-order valence-electron chi connectivity index (χ3n) is 3.84. The van der Waals surface area contributed by atoms with Crippen molar-refractivity contribution in [1.82, 2.24) is 0 Å². The molecule has 0 aromatic heterocycles. The lowest BCUT2D eigenvalue weighted by Gasteiger charge is -2.07. The Bertz CT molecular complexity index is 877. The Hall–Kier alpha value is -2.59. The summed E-state index contributed by atoms with van der Waals surface area (Å²) in [5.74, 6) is 1.02. The van der Waals surface area contributed by atoms with Crippen LogP contribution < -0.4 is 4.74 Å². The third kappa shape index (κ3) is 3.91. The molecular weight excluding hydrogens is 380 g/mol. The molecule has 0 N–H and O–H groups in total. The van der Waals surface area contributed by atoms with Gasteiger partial charge in [-0.2, -0.15) is 0 Å². The van der Waals surface area contributed by atoms with E-state index < -0.39 is 0 Å². The van der Waals surface area contributed by atoms with E-state index in [-0.39, 0.29) is 5.97 Å². The van der Waals surface area contributed by atoms with Gasteiger partial charge in [-0.3, -0.25) is 0 Å². The van der Waals surface area contributed by atoms with Gasteiger partial charge in [-0.05, 0) is 54.0 Å². The number of rotatable bonds is 5. The van der Waals surface area contributed by atoms with Crippen LogP contribution in [0.1, 0.15) is 16.7 Å². The van der Waals surface area contributed by atoms with Gasteiger partial charge in [0.15, 0.2) is 0 Å². The van der Waals surface area contributed by atoms with Crippen LogP contribution in [-0.2, 0) is 16.0 Å². The lowest BCUT2D eigenvalue weighted by Crippen LogP contribution is -1.97. The number of esters is 1. The number of allylic oxidation sites excluding steroid dienone is 1. The smallest absolute Gasteiger partial charge is 0.343 e. The van der Waals surface area contributed by atoms with Crippen LogP contribution in [0.5, 0.6) is 5.75 Å². The van der Waals surface area contributed by atoms with E-state index in [2.05, 4.69) is 22.5 Å². The number of hydrogen-bond acceptors (Lipinski definition) is 3. The zero-order chi connectivity index (χ0) is 17.8. The largest absolute Gasteiger partial charge is 0.496 e. The molecule has 0 spiro atoms. The van der Waals surface area contributed by atoms with Crippen LogP contribution in [-0.4, -0.2) is 13.1 Å². The first-order valence-corrected chi connectivity index (χ1v) is 8.59. The average molecular weight is 397 g/mol. The number of methoxy groups -OCH3 is 1. The molecule has 0 aliphatic carbocycles. The number of ether oxygens (including phenoxy) is 2. The zero-order valence-electron chi connectivity index (χ0n) is 13.8. The highest BCUT2D eigenvalue weighted by atomic mass is 79.9. The molecule has 2 aromatic rings. The summed E-state index contributed by atoms with van der Waals surface area (Å²) >= 11 is 3.40. The molecule has 0 saturated carbocycles. The van der Waals surface area contributed by atoms with Crippen LogP contribution in [0.4, 0.5) is 0 Å². The summed E-state index contributed by atoms with van der Waals surface area (Å²) in [7, 11) is 1.64. The Morgan fingerprint density at radius 2 is 1.96 bits per heavy atom. The van der Waals surface area contributed by atoms with E-state index in [0.717, 1.165) is 26.9 Å². The second kappa shape index (κ2) is 7.53. The summed E-state index contributed by atoms with van der Waals surface area (Å²) in [6, 6.07) is 13.4. The quantitative estimate of drug-likeness (QED) is 0.397. The van der Waals surface area contributed by atoms with E-state index in [1.54, 1.807) is 13.2 Å². The van der Waals surface area contributed by atoms with Gasteiger partial charge in [0, 0.05) is 10.0 Å². The van der Waals surface area contributed by atoms with E-state index in [4.69, 9.17) is 9.47 Å². The predicted octanol–water partition coefficient (Wildman–Crippen LogP) is 5.17. The minimum Gasteiger partial charge on any atom is -0.496 e. The van der Waals surface area contributed by atoms with Crippen molar-refractivity contribution in [2.24, 2.45) is 0 Å². The Morgan fingerprint density at radius 1 is 1.20 bits per heavy atom. The van der Waals surface area contributed by atoms with E-state index in [1.165, 1.54) is 0 Å². The van der Waals surface area contributed by atoms with Crippen LogP contribution in [0.3, 0.4) is 0 Å². The summed E-state index contributed by atoms with van der Waals surface area (Å²) in [4.78, 5) is 12.2. The van der Waals surface area contributed by atoms with Crippen molar-refractivity contribution in [3.05, 3.63) is 87.9 Å². The normalized spacial score (nSPS) is 15.0. The molecule has 3 nitrogen and oxygen atoms in total. The maximum absolute atomic E-state index is 12.2. The second-order valence-corrected chi connectivity index (χ2v) is 6.48. The molecule has 3 rings (SSSR count). The fourth-order valence-corrected chi connectivity index (χ4v) is 2.89. The van der Waals surface area contributed by atoms with Gasteiger partial charge in [0.05, 0.1) is 12.7 Å². The van der Waals surface area contributed by atoms with Gasteiger partial charge in [0.25, 0.3) is 0 Å². The number of hydrogen-bond donors (Lipinski definition) is 0. The second-order valence-electron chi connectivity index (χ2n) is 5.57. The summed E-state index contributed by atoms with van der Waals surface area (Å²) in [5, 5.41) is 0. The third-order valence-corrected chi connectivity index (χ3v) is 4.37. The SMILES string of the molecule is C=CCc1cc(/C=C2\C=C(c3ccc(Br)cc3)OC2=O)ccc1OC. The van der Waals surface area contributed by atoms with Crippen LogP contribution in [0, 0.1) is 0 Å².